The number of nitrogens with one attached hydrogen (secondary N) is 1. The van der Waals surface area contributed by atoms with E-state index < -0.39 is 0 Å². The minimum absolute atomic E-state index is 0.0474. The lowest BCUT2D eigenvalue weighted by Crippen LogP contribution is -2.67. The zero-order valence-electron chi connectivity index (χ0n) is 16.5. The molecule has 1 aromatic rings. The number of ether oxygens (including phenoxy) is 1. The van der Waals surface area contributed by atoms with Crippen LogP contribution in [0.5, 0.6) is 0 Å². The molecule has 3 aliphatic heterocycles. The molecule has 7 nitrogen and oxygen atoms in total. The standard InChI is InChI=1S/C21H30N4O3/c1-2-28-14-20(26)23-11-18-16-10-15(17-6-5-8-21(27)25(17)18)12-24(13-16)19-7-3-4-9-22-19/h3-4,7,9,15-18H,2,5-6,8,10-14H2,1H3,(H,23,26)/t15-,16+,17+,18+/m1/s1. The number of anilines is 1. The molecule has 3 fully saturated rings. The maximum Gasteiger partial charge on any atom is 0.246 e. The summed E-state index contributed by atoms with van der Waals surface area (Å²) in [4.78, 5) is 33.9. The maximum atomic E-state index is 12.8. The Kier molecular flexibility index (Phi) is 5.80. The SMILES string of the molecule is CCOCC(=O)NC[C@H]1[C@H]2C[C@H](CN(c3ccccn3)C2)[C@@H]2CCCC(=O)N21. The number of carbonyl (C=O) groups is 2. The van der Waals surface area contributed by atoms with Crippen LogP contribution in [0.25, 0.3) is 0 Å². The number of carbonyl (C=O) groups excluding carboxylic acids is 2. The van der Waals surface area contributed by atoms with Crippen LogP contribution in [0.3, 0.4) is 0 Å². The third kappa shape index (κ3) is 3.85. The van der Waals surface area contributed by atoms with E-state index in [9.17, 15) is 9.59 Å². The van der Waals surface area contributed by atoms with Crippen molar-refractivity contribution in [2.75, 3.05) is 37.7 Å². The number of pyridine rings is 1. The van der Waals surface area contributed by atoms with Crippen molar-refractivity contribution in [3.8, 4) is 0 Å². The van der Waals surface area contributed by atoms with Gasteiger partial charge >= 0.3 is 0 Å². The zero-order valence-corrected chi connectivity index (χ0v) is 16.5. The molecule has 1 aromatic heterocycles. The van der Waals surface area contributed by atoms with Crippen molar-refractivity contribution >= 4 is 17.6 Å². The summed E-state index contributed by atoms with van der Waals surface area (Å²) in [5.41, 5.74) is 0. The first-order chi connectivity index (χ1) is 13.7. The second kappa shape index (κ2) is 8.47. The van der Waals surface area contributed by atoms with Crippen molar-refractivity contribution in [1.29, 1.82) is 0 Å². The number of rotatable bonds is 6. The Morgan fingerprint density at radius 3 is 2.96 bits per heavy atom. The van der Waals surface area contributed by atoms with Gasteiger partial charge in [-0.1, -0.05) is 6.07 Å². The summed E-state index contributed by atoms with van der Waals surface area (Å²) in [5, 5.41) is 3.01. The third-order valence-electron chi connectivity index (χ3n) is 6.42. The molecule has 3 aliphatic rings. The van der Waals surface area contributed by atoms with E-state index in [0.717, 1.165) is 38.2 Å². The molecule has 0 unspecified atom stereocenters. The summed E-state index contributed by atoms with van der Waals surface area (Å²) in [6.07, 6.45) is 5.60. The number of hydrogen-bond donors (Lipinski definition) is 1. The van der Waals surface area contributed by atoms with Crippen LogP contribution >= 0.6 is 0 Å². The van der Waals surface area contributed by atoms with Gasteiger partial charge < -0.3 is 19.9 Å². The van der Waals surface area contributed by atoms with E-state index in [0.29, 0.717) is 31.4 Å². The van der Waals surface area contributed by atoms with Crippen LogP contribution in [0.4, 0.5) is 5.82 Å². The molecule has 152 valence electrons. The molecule has 4 rings (SSSR count). The lowest BCUT2D eigenvalue weighted by atomic mass is 9.72. The highest BCUT2D eigenvalue weighted by atomic mass is 16.5. The van der Waals surface area contributed by atoms with Gasteiger partial charge in [0.15, 0.2) is 0 Å². The Hall–Kier alpha value is -2.15. The fourth-order valence-corrected chi connectivity index (χ4v) is 5.23. The Balaban J connectivity index is 1.52. The van der Waals surface area contributed by atoms with E-state index in [-0.39, 0.29) is 30.5 Å². The van der Waals surface area contributed by atoms with Gasteiger partial charge in [0, 0.05) is 44.9 Å². The fraction of sp³-hybridized carbons (Fsp3) is 0.667. The first-order valence-electron chi connectivity index (χ1n) is 10.5. The van der Waals surface area contributed by atoms with Crippen LogP contribution in [0, 0.1) is 11.8 Å². The molecule has 3 saturated heterocycles. The molecule has 2 amide bonds. The monoisotopic (exact) mass is 386 g/mol. The predicted molar refractivity (Wildman–Crippen MR) is 106 cm³/mol. The lowest BCUT2D eigenvalue weighted by molar-refractivity contribution is -0.149. The van der Waals surface area contributed by atoms with E-state index >= 15 is 0 Å². The second-order valence-electron chi connectivity index (χ2n) is 8.12. The Morgan fingerprint density at radius 1 is 1.32 bits per heavy atom. The Morgan fingerprint density at radius 2 is 2.18 bits per heavy atom. The molecular formula is C21H30N4O3. The van der Waals surface area contributed by atoms with Crippen molar-refractivity contribution in [3.05, 3.63) is 24.4 Å². The highest BCUT2D eigenvalue weighted by Gasteiger charge is 2.49. The van der Waals surface area contributed by atoms with Crippen LogP contribution in [0.2, 0.25) is 0 Å². The topological polar surface area (TPSA) is 74.8 Å². The van der Waals surface area contributed by atoms with Gasteiger partial charge in [0.1, 0.15) is 12.4 Å². The molecule has 0 aliphatic carbocycles. The quantitative estimate of drug-likeness (QED) is 0.801. The number of amides is 2. The van der Waals surface area contributed by atoms with E-state index in [1.807, 2.05) is 25.3 Å². The molecule has 0 radical (unpaired) electrons. The molecule has 0 saturated carbocycles. The average molecular weight is 386 g/mol. The van der Waals surface area contributed by atoms with E-state index in [1.54, 1.807) is 0 Å². The first-order valence-corrected chi connectivity index (χ1v) is 10.5. The van der Waals surface area contributed by atoms with Crippen LogP contribution in [-0.4, -0.2) is 66.6 Å². The molecule has 1 N–H and O–H groups in total. The Labute approximate surface area is 166 Å². The summed E-state index contributed by atoms with van der Waals surface area (Å²) < 4.78 is 5.21. The largest absolute Gasteiger partial charge is 0.372 e. The van der Waals surface area contributed by atoms with Crippen LogP contribution < -0.4 is 10.2 Å². The minimum atomic E-state index is -0.109. The van der Waals surface area contributed by atoms with Crippen molar-refractivity contribution in [2.45, 2.75) is 44.7 Å². The summed E-state index contributed by atoms with van der Waals surface area (Å²) >= 11 is 0. The molecule has 4 atom stereocenters. The minimum Gasteiger partial charge on any atom is -0.372 e. The highest BCUT2D eigenvalue weighted by molar-refractivity contribution is 5.79. The molecule has 0 aromatic carbocycles. The number of fused-ring (bicyclic) bond motifs is 4. The van der Waals surface area contributed by atoms with Gasteiger partial charge in [0.25, 0.3) is 0 Å². The molecule has 2 bridgehead atoms. The summed E-state index contributed by atoms with van der Waals surface area (Å²) in [5.74, 6) is 1.96. The summed E-state index contributed by atoms with van der Waals surface area (Å²) in [6, 6.07) is 6.34. The highest BCUT2D eigenvalue weighted by Crippen LogP contribution is 2.42. The maximum absolute atomic E-state index is 12.8. The summed E-state index contributed by atoms with van der Waals surface area (Å²) in [6.45, 7) is 4.80. The van der Waals surface area contributed by atoms with E-state index in [2.05, 4.69) is 26.2 Å². The van der Waals surface area contributed by atoms with E-state index in [4.69, 9.17) is 4.74 Å². The molecule has 28 heavy (non-hydrogen) atoms. The van der Waals surface area contributed by atoms with Gasteiger partial charge in [0.05, 0.1) is 6.04 Å². The van der Waals surface area contributed by atoms with Gasteiger partial charge in [-0.05, 0) is 50.2 Å². The summed E-state index contributed by atoms with van der Waals surface area (Å²) in [7, 11) is 0. The predicted octanol–water partition coefficient (Wildman–Crippen LogP) is 1.44. The molecule has 4 heterocycles. The number of piperidine rings is 3. The number of hydrogen-bond acceptors (Lipinski definition) is 5. The second-order valence-corrected chi connectivity index (χ2v) is 8.12. The number of aromatic nitrogens is 1. The van der Waals surface area contributed by atoms with Crippen molar-refractivity contribution in [2.24, 2.45) is 11.8 Å². The van der Waals surface area contributed by atoms with Gasteiger partial charge in [-0.2, -0.15) is 0 Å². The smallest absolute Gasteiger partial charge is 0.246 e. The third-order valence-corrected chi connectivity index (χ3v) is 6.42. The van der Waals surface area contributed by atoms with Crippen LogP contribution in [-0.2, 0) is 14.3 Å². The molecule has 0 spiro atoms. The number of nitrogens with zero attached hydrogens (tertiary/aromatic N) is 3. The lowest BCUT2D eigenvalue weighted by Gasteiger charge is -2.56. The van der Waals surface area contributed by atoms with Crippen molar-refractivity contribution in [1.82, 2.24) is 15.2 Å². The zero-order chi connectivity index (χ0) is 19.5. The van der Waals surface area contributed by atoms with Gasteiger partial charge in [-0.25, -0.2) is 4.98 Å². The van der Waals surface area contributed by atoms with Gasteiger partial charge in [-0.3, -0.25) is 9.59 Å². The fourth-order valence-electron chi connectivity index (χ4n) is 5.23. The van der Waals surface area contributed by atoms with Crippen LogP contribution in [0.1, 0.15) is 32.6 Å². The van der Waals surface area contributed by atoms with Gasteiger partial charge in [-0.15, -0.1) is 0 Å². The van der Waals surface area contributed by atoms with Gasteiger partial charge in [0.2, 0.25) is 11.8 Å². The van der Waals surface area contributed by atoms with Crippen molar-refractivity contribution in [3.63, 3.8) is 0 Å². The average Bonchev–Trinajstić information content (AvgIpc) is 2.73. The normalized spacial score (nSPS) is 29.4. The van der Waals surface area contributed by atoms with E-state index in [1.165, 1.54) is 0 Å². The van der Waals surface area contributed by atoms with Crippen molar-refractivity contribution < 1.29 is 14.3 Å². The molecular weight excluding hydrogens is 356 g/mol. The Bertz CT molecular complexity index is 698. The molecule has 7 heteroatoms. The van der Waals surface area contributed by atoms with Crippen LogP contribution in [0.15, 0.2) is 24.4 Å². The first kappa shape index (κ1) is 19.2.